The minimum atomic E-state index is -0.393. The van der Waals surface area contributed by atoms with E-state index in [4.69, 9.17) is 5.10 Å². The fourth-order valence-corrected chi connectivity index (χ4v) is 3.65. The van der Waals surface area contributed by atoms with Gasteiger partial charge < -0.3 is 5.32 Å². The molecule has 0 saturated heterocycles. The van der Waals surface area contributed by atoms with E-state index in [1.165, 1.54) is 28.5 Å². The fraction of sp³-hybridized carbons (Fsp3) is 0.0952. The lowest BCUT2D eigenvalue weighted by atomic mass is 10.0. The van der Waals surface area contributed by atoms with Crippen molar-refractivity contribution in [2.45, 2.75) is 6.42 Å². The summed E-state index contributed by atoms with van der Waals surface area (Å²) in [4.78, 5) is 10.5. The molecule has 4 aromatic rings. The van der Waals surface area contributed by atoms with Gasteiger partial charge in [-0.1, -0.05) is 36.4 Å². The van der Waals surface area contributed by atoms with Crippen molar-refractivity contribution in [1.29, 1.82) is 0 Å². The molecule has 0 radical (unpaired) electrons. The smallest absolute Gasteiger partial charge is 0.269 e. The number of non-ortho nitro benzene ring substituents is 1. The number of fused-ring (bicyclic) bond motifs is 2. The third-order valence-corrected chi connectivity index (χ3v) is 4.98. The number of aromatic nitrogens is 2. The van der Waals surface area contributed by atoms with E-state index in [9.17, 15) is 10.1 Å². The first kappa shape index (κ1) is 15.6. The number of benzene rings is 3. The highest BCUT2D eigenvalue weighted by Crippen LogP contribution is 2.35. The van der Waals surface area contributed by atoms with Crippen LogP contribution in [0.5, 0.6) is 0 Å². The summed E-state index contributed by atoms with van der Waals surface area (Å²) in [5.74, 6) is 0.965. The van der Waals surface area contributed by atoms with E-state index in [1.807, 2.05) is 16.8 Å². The van der Waals surface area contributed by atoms with Crippen LogP contribution in [0.1, 0.15) is 5.56 Å². The summed E-state index contributed by atoms with van der Waals surface area (Å²) in [5, 5.41) is 21.5. The van der Waals surface area contributed by atoms with E-state index in [2.05, 4.69) is 35.6 Å². The SMILES string of the molecule is O=[N+]([O-])c1ccc(-n2nc(-c3ccc4ccccc4c3)c3c2NCC3)cc1. The Labute approximate surface area is 155 Å². The van der Waals surface area contributed by atoms with Gasteiger partial charge >= 0.3 is 0 Å². The van der Waals surface area contributed by atoms with Gasteiger partial charge in [0.2, 0.25) is 0 Å². The molecule has 0 unspecified atom stereocenters. The summed E-state index contributed by atoms with van der Waals surface area (Å²) in [6, 6.07) is 21.1. The molecule has 0 bridgehead atoms. The van der Waals surface area contributed by atoms with Gasteiger partial charge in [0.05, 0.1) is 16.3 Å². The largest absolute Gasteiger partial charge is 0.369 e. The third-order valence-electron chi connectivity index (χ3n) is 4.98. The molecule has 27 heavy (non-hydrogen) atoms. The Balaban J connectivity index is 1.64. The predicted molar refractivity (Wildman–Crippen MR) is 105 cm³/mol. The van der Waals surface area contributed by atoms with Crippen LogP contribution in [-0.2, 0) is 6.42 Å². The molecule has 6 nitrogen and oxygen atoms in total. The highest BCUT2D eigenvalue weighted by molar-refractivity contribution is 5.88. The van der Waals surface area contributed by atoms with Gasteiger partial charge in [-0.05, 0) is 35.4 Å². The molecule has 0 spiro atoms. The first-order valence-electron chi connectivity index (χ1n) is 8.80. The first-order valence-corrected chi connectivity index (χ1v) is 8.80. The zero-order valence-corrected chi connectivity index (χ0v) is 14.4. The molecule has 5 rings (SSSR count). The van der Waals surface area contributed by atoms with Crippen LogP contribution in [0, 0.1) is 10.1 Å². The number of anilines is 1. The van der Waals surface area contributed by atoms with E-state index in [-0.39, 0.29) is 5.69 Å². The lowest BCUT2D eigenvalue weighted by molar-refractivity contribution is -0.384. The summed E-state index contributed by atoms with van der Waals surface area (Å²) in [7, 11) is 0. The van der Waals surface area contributed by atoms with E-state index in [0.29, 0.717) is 0 Å². The molecular formula is C21H16N4O2. The molecule has 6 heteroatoms. The maximum Gasteiger partial charge on any atom is 0.269 e. The maximum atomic E-state index is 10.9. The highest BCUT2D eigenvalue weighted by Gasteiger charge is 2.24. The molecule has 3 aromatic carbocycles. The first-order chi connectivity index (χ1) is 13.2. The number of hydrogen-bond donors (Lipinski definition) is 1. The van der Waals surface area contributed by atoms with Gasteiger partial charge in [0.1, 0.15) is 5.82 Å². The average Bonchev–Trinajstić information content (AvgIpc) is 3.30. The second-order valence-electron chi connectivity index (χ2n) is 6.60. The number of nitro benzene ring substituents is 1. The van der Waals surface area contributed by atoms with Crippen molar-refractivity contribution in [2.75, 3.05) is 11.9 Å². The van der Waals surface area contributed by atoms with Crippen molar-refractivity contribution >= 4 is 22.3 Å². The van der Waals surface area contributed by atoms with Crippen LogP contribution in [0.3, 0.4) is 0 Å². The lowest BCUT2D eigenvalue weighted by Crippen LogP contribution is -2.04. The molecule has 0 fully saturated rings. The van der Waals surface area contributed by atoms with Gasteiger partial charge in [-0.2, -0.15) is 5.10 Å². The molecule has 0 saturated carbocycles. The fourth-order valence-electron chi connectivity index (χ4n) is 3.65. The Morgan fingerprint density at radius 3 is 2.56 bits per heavy atom. The zero-order chi connectivity index (χ0) is 18.4. The Bertz CT molecular complexity index is 1180. The van der Waals surface area contributed by atoms with Crippen molar-refractivity contribution in [3.8, 4) is 16.9 Å². The predicted octanol–water partition coefficient (Wildman–Crippen LogP) is 4.57. The Morgan fingerprint density at radius 2 is 1.78 bits per heavy atom. The molecule has 2 heterocycles. The monoisotopic (exact) mass is 356 g/mol. The van der Waals surface area contributed by atoms with Crippen molar-refractivity contribution in [3.05, 3.63) is 82.4 Å². The highest BCUT2D eigenvalue weighted by atomic mass is 16.6. The Hall–Kier alpha value is -3.67. The molecule has 0 atom stereocenters. The Kier molecular flexibility index (Phi) is 3.43. The average molecular weight is 356 g/mol. The van der Waals surface area contributed by atoms with Gasteiger partial charge in [-0.3, -0.25) is 10.1 Å². The topological polar surface area (TPSA) is 73.0 Å². The molecule has 132 valence electrons. The third kappa shape index (κ3) is 2.54. The van der Waals surface area contributed by atoms with Crippen molar-refractivity contribution in [2.24, 2.45) is 0 Å². The second kappa shape index (κ2) is 5.95. The van der Waals surface area contributed by atoms with Crippen LogP contribution in [0.15, 0.2) is 66.7 Å². The van der Waals surface area contributed by atoms with Crippen molar-refractivity contribution in [1.82, 2.24) is 9.78 Å². The molecule has 0 amide bonds. The van der Waals surface area contributed by atoms with Crippen molar-refractivity contribution in [3.63, 3.8) is 0 Å². The van der Waals surface area contributed by atoms with Crippen LogP contribution in [0.4, 0.5) is 11.5 Å². The molecular weight excluding hydrogens is 340 g/mol. The van der Waals surface area contributed by atoms with Gasteiger partial charge in [0, 0.05) is 29.8 Å². The molecule has 1 aliphatic heterocycles. The zero-order valence-electron chi connectivity index (χ0n) is 14.4. The quantitative estimate of drug-likeness (QED) is 0.431. The lowest BCUT2D eigenvalue weighted by Gasteiger charge is -2.06. The molecule has 1 aliphatic rings. The van der Waals surface area contributed by atoms with Crippen molar-refractivity contribution < 1.29 is 4.92 Å². The Morgan fingerprint density at radius 1 is 1.00 bits per heavy atom. The van der Waals surface area contributed by atoms with Gasteiger partial charge in [-0.15, -0.1) is 0 Å². The van der Waals surface area contributed by atoms with Gasteiger partial charge in [-0.25, -0.2) is 4.68 Å². The normalized spacial score (nSPS) is 12.7. The summed E-state index contributed by atoms with van der Waals surface area (Å²) < 4.78 is 1.84. The van der Waals surface area contributed by atoms with Crippen LogP contribution in [-0.4, -0.2) is 21.2 Å². The van der Waals surface area contributed by atoms with Gasteiger partial charge in [0.25, 0.3) is 5.69 Å². The summed E-state index contributed by atoms with van der Waals surface area (Å²) in [5.41, 5.74) is 4.10. The van der Waals surface area contributed by atoms with E-state index in [0.717, 1.165) is 35.7 Å². The van der Waals surface area contributed by atoms with Crippen LogP contribution in [0.2, 0.25) is 0 Å². The van der Waals surface area contributed by atoms with Crippen LogP contribution >= 0.6 is 0 Å². The second-order valence-corrected chi connectivity index (χ2v) is 6.60. The standard InChI is InChI=1S/C21H16N4O2/c26-25(27)18-9-7-17(8-10-18)24-21-19(11-12-22-21)20(23-24)16-6-5-14-3-1-2-4-15(14)13-16/h1-10,13,22H,11-12H2. The number of nitrogens with one attached hydrogen (secondary N) is 1. The molecule has 1 N–H and O–H groups in total. The van der Waals surface area contributed by atoms with Crippen LogP contribution in [0.25, 0.3) is 27.7 Å². The minimum Gasteiger partial charge on any atom is -0.369 e. The van der Waals surface area contributed by atoms with Gasteiger partial charge in [0.15, 0.2) is 0 Å². The number of nitro groups is 1. The minimum absolute atomic E-state index is 0.0743. The molecule has 1 aromatic heterocycles. The van der Waals surface area contributed by atoms with E-state index >= 15 is 0 Å². The molecule has 0 aliphatic carbocycles. The number of hydrogen-bond acceptors (Lipinski definition) is 4. The number of nitrogens with zero attached hydrogens (tertiary/aromatic N) is 3. The van der Waals surface area contributed by atoms with E-state index < -0.39 is 4.92 Å². The van der Waals surface area contributed by atoms with Crippen LogP contribution < -0.4 is 5.32 Å². The maximum absolute atomic E-state index is 10.9. The summed E-state index contributed by atoms with van der Waals surface area (Å²) in [6.07, 6.45) is 0.907. The summed E-state index contributed by atoms with van der Waals surface area (Å²) >= 11 is 0. The summed E-state index contributed by atoms with van der Waals surface area (Å²) in [6.45, 7) is 0.862. The number of rotatable bonds is 3. The van der Waals surface area contributed by atoms with E-state index in [1.54, 1.807) is 12.1 Å².